The summed E-state index contributed by atoms with van der Waals surface area (Å²) in [6.45, 7) is 1.94. The average Bonchev–Trinajstić information content (AvgIpc) is 3.15. The van der Waals surface area contributed by atoms with Gasteiger partial charge in [-0.15, -0.1) is 11.3 Å². The predicted octanol–water partition coefficient (Wildman–Crippen LogP) is 2.47. The lowest BCUT2D eigenvalue weighted by atomic mass is 10.3. The van der Waals surface area contributed by atoms with E-state index in [1.54, 1.807) is 18.5 Å². The van der Waals surface area contributed by atoms with Crippen molar-refractivity contribution in [3.8, 4) is 11.5 Å². The molecule has 0 fully saturated rings. The Labute approximate surface area is 130 Å². The highest BCUT2D eigenvalue weighted by Gasteiger charge is 2.12. The van der Waals surface area contributed by atoms with Gasteiger partial charge in [-0.3, -0.25) is 9.78 Å². The lowest BCUT2D eigenvalue weighted by Gasteiger charge is -1.98. The summed E-state index contributed by atoms with van der Waals surface area (Å²) in [5.74, 6) is 0.699. The van der Waals surface area contributed by atoms with E-state index >= 15 is 0 Å². The van der Waals surface area contributed by atoms with Crippen LogP contribution in [0, 0.1) is 6.92 Å². The highest BCUT2D eigenvalue weighted by Crippen LogP contribution is 2.17. The van der Waals surface area contributed by atoms with Gasteiger partial charge in [0.2, 0.25) is 17.6 Å². The van der Waals surface area contributed by atoms with E-state index in [9.17, 15) is 4.79 Å². The van der Waals surface area contributed by atoms with Crippen LogP contribution in [-0.2, 0) is 11.2 Å². The smallest absolute Gasteiger partial charge is 0.227 e. The molecule has 0 atom stereocenters. The molecule has 3 aromatic rings. The fraction of sp³-hybridized carbons (Fsp3) is 0.214. The molecule has 0 aliphatic heterocycles. The van der Waals surface area contributed by atoms with Gasteiger partial charge >= 0.3 is 0 Å². The Morgan fingerprint density at radius 2 is 2.27 bits per heavy atom. The van der Waals surface area contributed by atoms with E-state index in [0.29, 0.717) is 29.0 Å². The van der Waals surface area contributed by atoms with Crippen LogP contribution in [0.5, 0.6) is 0 Å². The number of carbonyl (C=O) groups is 1. The van der Waals surface area contributed by atoms with Crippen LogP contribution in [0.25, 0.3) is 11.5 Å². The summed E-state index contributed by atoms with van der Waals surface area (Å²) in [6, 6.07) is 5.46. The monoisotopic (exact) mass is 315 g/mol. The maximum atomic E-state index is 11.8. The van der Waals surface area contributed by atoms with E-state index in [0.717, 1.165) is 4.88 Å². The minimum Gasteiger partial charge on any atom is -0.339 e. The topological polar surface area (TPSA) is 93.8 Å². The summed E-state index contributed by atoms with van der Waals surface area (Å²) in [7, 11) is 0. The second kappa shape index (κ2) is 6.44. The van der Waals surface area contributed by atoms with Gasteiger partial charge in [0, 0.05) is 30.1 Å². The highest BCUT2D eigenvalue weighted by atomic mass is 32.1. The summed E-state index contributed by atoms with van der Waals surface area (Å²) in [6.07, 6.45) is 4.00. The summed E-state index contributed by atoms with van der Waals surface area (Å²) in [4.78, 5) is 25.3. The Morgan fingerprint density at radius 1 is 1.36 bits per heavy atom. The van der Waals surface area contributed by atoms with Gasteiger partial charge in [0.15, 0.2) is 5.13 Å². The summed E-state index contributed by atoms with van der Waals surface area (Å²) >= 11 is 1.44. The van der Waals surface area contributed by atoms with Crippen molar-refractivity contribution in [1.82, 2.24) is 20.1 Å². The van der Waals surface area contributed by atoms with Gasteiger partial charge in [-0.2, -0.15) is 4.98 Å². The molecule has 3 heterocycles. The molecule has 0 saturated carbocycles. The molecular weight excluding hydrogens is 302 g/mol. The number of hydrogen-bond acceptors (Lipinski definition) is 7. The average molecular weight is 315 g/mol. The van der Waals surface area contributed by atoms with Crippen LogP contribution < -0.4 is 5.32 Å². The molecule has 22 heavy (non-hydrogen) atoms. The second-order valence-corrected chi connectivity index (χ2v) is 5.79. The Balaban J connectivity index is 1.56. The van der Waals surface area contributed by atoms with Gasteiger partial charge in [0.25, 0.3) is 0 Å². The minimum atomic E-state index is -0.132. The maximum absolute atomic E-state index is 11.8. The zero-order chi connectivity index (χ0) is 15.4. The molecule has 1 N–H and O–H groups in total. The van der Waals surface area contributed by atoms with E-state index in [-0.39, 0.29) is 12.3 Å². The number of carbonyl (C=O) groups excluding carboxylic acids is 1. The van der Waals surface area contributed by atoms with E-state index in [1.807, 2.05) is 19.1 Å². The number of pyridine rings is 1. The fourth-order valence-corrected chi connectivity index (χ4v) is 2.45. The predicted molar refractivity (Wildman–Crippen MR) is 81.3 cm³/mol. The van der Waals surface area contributed by atoms with Gasteiger partial charge in [-0.05, 0) is 19.1 Å². The van der Waals surface area contributed by atoms with Gasteiger partial charge in [-0.1, -0.05) is 11.2 Å². The van der Waals surface area contributed by atoms with Crippen molar-refractivity contribution in [2.75, 3.05) is 5.32 Å². The van der Waals surface area contributed by atoms with E-state index in [4.69, 9.17) is 4.52 Å². The van der Waals surface area contributed by atoms with Crippen LogP contribution in [0.4, 0.5) is 5.13 Å². The molecule has 0 aromatic carbocycles. The molecule has 3 rings (SSSR count). The lowest BCUT2D eigenvalue weighted by Crippen LogP contribution is -2.12. The Hall–Kier alpha value is -2.61. The number of aryl methyl sites for hydroxylation is 2. The van der Waals surface area contributed by atoms with Gasteiger partial charge in [0.05, 0.1) is 0 Å². The second-order valence-electron chi connectivity index (χ2n) is 4.55. The first-order valence-electron chi connectivity index (χ1n) is 6.67. The molecule has 0 aliphatic rings. The van der Waals surface area contributed by atoms with E-state index < -0.39 is 0 Å². The van der Waals surface area contributed by atoms with E-state index in [1.165, 1.54) is 11.3 Å². The summed E-state index contributed by atoms with van der Waals surface area (Å²) < 4.78 is 5.13. The third kappa shape index (κ3) is 3.53. The van der Waals surface area contributed by atoms with E-state index in [2.05, 4.69) is 25.4 Å². The number of thiazole rings is 1. The van der Waals surface area contributed by atoms with Crippen LogP contribution in [0.15, 0.2) is 35.1 Å². The SMILES string of the molecule is Cc1cnc(NC(=O)CCc2nc(-c3ccccn3)no2)s1. The number of rotatable bonds is 5. The normalized spacial score (nSPS) is 10.6. The standard InChI is InChI=1S/C14H13N5O2S/c1-9-8-16-14(22-9)17-11(20)5-6-12-18-13(19-21-12)10-4-2-3-7-15-10/h2-4,7-8H,5-6H2,1H3,(H,16,17,20). The number of hydrogen-bond donors (Lipinski definition) is 1. The van der Waals surface area contributed by atoms with Crippen molar-refractivity contribution in [2.45, 2.75) is 19.8 Å². The van der Waals surface area contributed by atoms with Crippen molar-refractivity contribution in [3.05, 3.63) is 41.4 Å². The first kappa shape index (κ1) is 14.3. The molecule has 1 amide bonds. The zero-order valence-electron chi connectivity index (χ0n) is 11.8. The number of aromatic nitrogens is 4. The van der Waals surface area contributed by atoms with Crippen molar-refractivity contribution in [3.63, 3.8) is 0 Å². The fourth-order valence-electron chi connectivity index (χ4n) is 1.77. The first-order chi connectivity index (χ1) is 10.7. The highest BCUT2D eigenvalue weighted by molar-refractivity contribution is 7.15. The van der Waals surface area contributed by atoms with Crippen molar-refractivity contribution in [1.29, 1.82) is 0 Å². The Morgan fingerprint density at radius 3 is 3.00 bits per heavy atom. The molecule has 0 bridgehead atoms. The molecule has 8 heteroatoms. The molecule has 112 valence electrons. The third-order valence-corrected chi connectivity index (χ3v) is 3.62. The van der Waals surface area contributed by atoms with Crippen LogP contribution >= 0.6 is 11.3 Å². The largest absolute Gasteiger partial charge is 0.339 e. The molecule has 0 unspecified atom stereocenters. The number of nitrogens with one attached hydrogen (secondary N) is 1. The van der Waals surface area contributed by atoms with Gasteiger partial charge in [-0.25, -0.2) is 4.98 Å². The van der Waals surface area contributed by atoms with Crippen LogP contribution in [0.3, 0.4) is 0 Å². The zero-order valence-corrected chi connectivity index (χ0v) is 12.6. The number of amides is 1. The molecule has 0 saturated heterocycles. The Kier molecular flexibility index (Phi) is 4.19. The van der Waals surface area contributed by atoms with Crippen molar-refractivity contribution < 1.29 is 9.32 Å². The number of anilines is 1. The van der Waals surface area contributed by atoms with Crippen molar-refractivity contribution >= 4 is 22.4 Å². The van der Waals surface area contributed by atoms with Crippen molar-refractivity contribution in [2.24, 2.45) is 0 Å². The molecule has 0 radical (unpaired) electrons. The minimum absolute atomic E-state index is 0.132. The first-order valence-corrected chi connectivity index (χ1v) is 7.48. The molecular formula is C14H13N5O2S. The molecule has 0 aliphatic carbocycles. The quantitative estimate of drug-likeness (QED) is 0.777. The van der Waals surface area contributed by atoms with Crippen LogP contribution in [0.2, 0.25) is 0 Å². The van der Waals surface area contributed by atoms with Gasteiger partial charge < -0.3 is 9.84 Å². The van der Waals surface area contributed by atoms with Crippen LogP contribution in [-0.4, -0.2) is 26.0 Å². The summed E-state index contributed by atoms with van der Waals surface area (Å²) in [5.41, 5.74) is 0.639. The Bertz CT molecular complexity index is 768. The third-order valence-electron chi connectivity index (χ3n) is 2.80. The lowest BCUT2D eigenvalue weighted by molar-refractivity contribution is -0.116. The van der Waals surface area contributed by atoms with Gasteiger partial charge in [0.1, 0.15) is 5.69 Å². The molecule has 7 nitrogen and oxygen atoms in total. The molecule has 3 aromatic heterocycles. The van der Waals surface area contributed by atoms with Crippen LogP contribution in [0.1, 0.15) is 17.2 Å². The molecule has 0 spiro atoms. The maximum Gasteiger partial charge on any atom is 0.227 e. The summed E-state index contributed by atoms with van der Waals surface area (Å²) in [5, 5.41) is 7.20. The number of nitrogens with zero attached hydrogens (tertiary/aromatic N) is 4.